The van der Waals surface area contributed by atoms with Crippen molar-refractivity contribution in [2.45, 2.75) is 98.4 Å². The summed E-state index contributed by atoms with van der Waals surface area (Å²) in [6, 6.07) is 7.84. The van der Waals surface area contributed by atoms with E-state index in [1.807, 2.05) is 69.9 Å². The molecule has 350 valence electrons. The van der Waals surface area contributed by atoms with Gasteiger partial charge < -0.3 is 34.9 Å². The van der Waals surface area contributed by atoms with Gasteiger partial charge in [0.2, 0.25) is 18.2 Å². The van der Waals surface area contributed by atoms with E-state index in [-0.39, 0.29) is 42.8 Å². The first-order valence-electron chi connectivity index (χ1n) is 22.0. The van der Waals surface area contributed by atoms with Crippen LogP contribution in [0, 0.1) is 11.3 Å². The fourth-order valence-corrected chi connectivity index (χ4v) is 8.26. The molecular weight excluding hydrogens is 819 g/mol. The van der Waals surface area contributed by atoms with Crippen molar-refractivity contribution >= 4 is 47.3 Å². The Bertz CT molecular complexity index is 2110. The molecule has 0 spiro atoms. The van der Waals surface area contributed by atoms with Gasteiger partial charge >= 0.3 is 0 Å². The zero-order chi connectivity index (χ0) is 47.1. The summed E-state index contributed by atoms with van der Waals surface area (Å²) in [5.74, 6) is 5.50. The quantitative estimate of drug-likeness (QED) is 0.0320. The third-order valence-electron chi connectivity index (χ3n) is 11.5. The molecule has 3 atom stereocenters. The van der Waals surface area contributed by atoms with Gasteiger partial charge in [-0.1, -0.05) is 34.3 Å². The topological polar surface area (TPSA) is 223 Å². The molecule has 0 bridgehead atoms. The molecule has 5 rings (SSSR count). The molecule has 2 fully saturated rings. The lowest BCUT2D eigenvalue weighted by molar-refractivity contribution is -0.142. The number of amides is 4. The molecular formula is C46H69N11O7. The second-order valence-electron chi connectivity index (χ2n) is 17.3. The van der Waals surface area contributed by atoms with E-state index in [2.05, 4.69) is 33.9 Å². The van der Waals surface area contributed by atoms with Crippen molar-refractivity contribution in [2.75, 3.05) is 53.5 Å². The molecule has 2 aliphatic heterocycles. The Morgan fingerprint density at radius 1 is 1.09 bits per heavy atom. The molecule has 0 aliphatic carbocycles. The van der Waals surface area contributed by atoms with Crippen molar-refractivity contribution in [1.82, 2.24) is 40.2 Å². The third-order valence-corrected chi connectivity index (χ3v) is 11.5. The minimum absolute atomic E-state index is 0.0764. The highest BCUT2D eigenvalue weighted by molar-refractivity contribution is 6.03. The average molecular weight is 888 g/mol. The molecule has 3 aromatic rings. The number of methoxy groups -OCH3 is 1. The molecule has 18 heteroatoms. The third kappa shape index (κ3) is 12.9. The number of fused-ring (bicyclic) bond motifs is 1. The fraction of sp³-hybridized carbons (Fsp3) is 0.543. The normalized spacial score (nSPS) is 15.8. The number of likely N-dealkylation sites (N-methyl/N-ethyl adjacent to an activating group) is 1. The molecule has 6 N–H and O–H groups in total. The average Bonchev–Trinajstić information content (AvgIpc) is 3.94. The molecule has 1 aromatic carbocycles. The van der Waals surface area contributed by atoms with Gasteiger partial charge in [0.1, 0.15) is 12.1 Å². The van der Waals surface area contributed by atoms with Gasteiger partial charge in [0.05, 0.1) is 30.6 Å². The van der Waals surface area contributed by atoms with Gasteiger partial charge in [-0.3, -0.25) is 34.0 Å². The fourth-order valence-electron chi connectivity index (χ4n) is 8.26. The SMILES string of the molecule is C=CC(=O)N1CCCC1.CCn1c(-c2cccnc2C(C)OC)c(CC(C)(C)COC=O)c2cc(/C(N)=N/N(N)CC(NC(=O)C(C(C)C)N(C)C=O)C(=O)N3CCCCN3)ccc21. The van der Waals surface area contributed by atoms with E-state index in [0.29, 0.717) is 44.5 Å². The van der Waals surface area contributed by atoms with Crippen LogP contribution >= 0.6 is 0 Å². The van der Waals surface area contributed by atoms with Gasteiger partial charge in [0.15, 0.2) is 5.84 Å². The molecule has 64 heavy (non-hydrogen) atoms. The van der Waals surface area contributed by atoms with Crippen LogP contribution in [0.25, 0.3) is 22.2 Å². The first kappa shape index (κ1) is 50.8. The number of aromatic nitrogens is 2. The summed E-state index contributed by atoms with van der Waals surface area (Å²) in [5.41, 5.74) is 14.5. The highest BCUT2D eigenvalue weighted by Gasteiger charge is 2.34. The highest BCUT2D eigenvalue weighted by atomic mass is 16.5. The number of benzene rings is 1. The number of hydrazone groups is 1. The van der Waals surface area contributed by atoms with Gasteiger partial charge in [0.25, 0.3) is 12.4 Å². The molecule has 4 amide bonds. The summed E-state index contributed by atoms with van der Waals surface area (Å²) >= 11 is 0. The van der Waals surface area contributed by atoms with E-state index < -0.39 is 23.4 Å². The zero-order valence-corrected chi connectivity index (χ0v) is 38.8. The Kier molecular flexibility index (Phi) is 18.8. The van der Waals surface area contributed by atoms with E-state index in [0.717, 1.165) is 77.3 Å². The van der Waals surface area contributed by atoms with Crippen LogP contribution in [0.5, 0.6) is 0 Å². The number of hydrogen-bond donors (Lipinski definition) is 4. The number of rotatable bonds is 20. The van der Waals surface area contributed by atoms with Crippen LogP contribution in [0.2, 0.25) is 0 Å². The number of likely N-dealkylation sites (tertiary alicyclic amines) is 1. The smallest absolute Gasteiger partial charge is 0.293 e. The van der Waals surface area contributed by atoms with Crippen LogP contribution in [0.4, 0.5) is 0 Å². The van der Waals surface area contributed by atoms with Crippen molar-refractivity contribution in [1.29, 1.82) is 0 Å². The first-order chi connectivity index (χ1) is 30.5. The predicted octanol–water partition coefficient (Wildman–Crippen LogP) is 3.49. The van der Waals surface area contributed by atoms with Crippen LogP contribution in [0.15, 0.2) is 54.3 Å². The number of nitrogens with zero attached hydrogens (tertiary/aromatic N) is 7. The number of aryl methyl sites for hydroxylation is 1. The molecule has 2 aromatic heterocycles. The van der Waals surface area contributed by atoms with Crippen molar-refractivity contribution in [3.05, 3.63) is 66.0 Å². The number of pyridine rings is 1. The van der Waals surface area contributed by atoms with Gasteiger partial charge in [-0.05, 0) is 93.8 Å². The maximum absolute atomic E-state index is 13.7. The molecule has 3 unspecified atom stereocenters. The Balaban J connectivity index is 0.000000885. The molecule has 2 aliphatic rings. The van der Waals surface area contributed by atoms with E-state index in [1.54, 1.807) is 13.3 Å². The monoisotopic (exact) mass is 888 g/mol. The number of ether oxygens (including phenoxy) is 2. The molecule has 0 radical (unpaired) electrons. The lowest BCUT2D eigenvalue weighted by Crippen LogP contribution is -2.61. The van der Waals surface area contributed by atoms with Crippen LogP contribution in [0.3, 0.4) is 0 Å². The number of hydrazine groups is 2. The van der Waals surface area contributed by atoms with Gasteiger partial charge in [-0.2, -0.15) is 0 Å². The Morgan fingerprint density at radius 2 is 1.80 bits per heavy atom. The van der Waals surface area contributed by atoms with E-state index in [1.165, 1.54) is 23.0 Å². The number of hydrogen-bond acceptors (Lipinski definition) is 12. The lowest BCUT2D eigenvalue weighted by Gasteiger charge is -2.34. The summed E-state index contributed by atoms with van der Waals surface area (Å²) in [6.07, 6.45) is 8.01. The second kappa shape index (κ2) is 23.7. The van der Waals surface area contributed by atoms with E-state index >= 15 is 0 Å². The highest BCUT2D eigenvalue weighted by Crippen LogP contribution is 2.40. The number of amidine groups is 1. The maximum atomic E-state index is 13.7. The predicted molar refractivity (Wildman–Crippen MR) is 247 cm³/mol. The van der Waals surface area contributed by atoms with Gasteiger partial charge in [-0.15, -0.1) is 5.10 Å². The number of nitrogens with two attached hydrogens (primary N) is 2. The molecule has 18 nitrogen and oxygen atoms in total. The Morgan fingerprint density at radius 3 is 2.39 bits per heavy atom. The largest absolute Gasteiger partial charge is 0.467 e. The van der Waals surface area contributed by atoms with E-state index in [4.69, 9.17) is 26.0 Å². The second-order valence-corrected chi connectivity index (χ2v) is 17.3. The summed E-state index contributed by atoms with van der Waals surface area (Å²) in [7, 11) is 3.18. The maximum Gasteiger partial charge on any atom is 0.293 e. The van der Waals surface area contributed by atoms with Crippen LogP contribution < -0.4 is 22.3 Å². The molecule has 4 heterocycles. The van der Waals surface area contributed by atoms with E-state index in [9.17, 15) is 24.0 Å². The van der Waals surface area contributed by atoms with Crippen molar-refractivity contribution in [3.8, 4) is 11.3 Å². The van der Waals surface area contributed by atoms with Crippen molar-refractivity contribution < 1.29 is 33.4 Å². The number of carbonyl (C=O) groups is 5. The van der Waals surface area contributed by atoms with Crippen molar-refractivity contribution in [3.63, 3.8) is 0 Å². The van der Waals surface area contributed by atoms with Gasteiger partial charge in [-0.25, -0.2) is 16.4 Å². The Hall–Kier alpha value is -5.85. The summed E-state index contributed by atoms with van der Waals surface area (Å²) in [6.45, 7) is 19.2. The van der Waals surface area contributed by atoms with Crippen LogP contribution in [-0.4, -0.2) is 131 Å². The number of nitrogens with one attached hydrogen (secondary N) is 2. The summed E-state index contributed by atoms with van der Waals surface area (Å²) in [4.78, 5) is 68.7. The zero-order valence-electron chi connectivity index (χ0n) is 38.8. The van der Waals surface area contributed by atoms with Gasteiger partial charge in [0, 0.05) is 80.5 Å². The number of carbonyl (C=O) groups excluding carboxylic acids is 5. The van der Waals surface area contributed by atoms with Crippen LogP contribution in [0.1, 0.15) is 90.2 Å². The summed E-state index contributed by atoms with van der Waals surface area (Å²) < 4.78 is 13.2. The Labute approximate surface area is 377 Å². The van der Waals surface area contributed by atoms with Crippen molar-refractivity contribution in [2.24, 2.45) is 28.0 Å². The minimum atomic E-state index is -1.10. The molecule has 0 saturated carbocycles. The van der Waals surface area contributed by atoms with Crippen LogP contribution in [-0.2, 0) is 46.4 Å². The minimum Gasteiger partial charge on any atom is -0.467 e. The standard InChI is InChI=1S/C39H58N10O6.C7H11NO/c1-9-47-32-15-14-27(19-29(32)30(20-39(5,6)22-55-24-51)35(47)28-13-12-16-42-33(28)26(4)54-8)36(40)45-49(41)21-31(38(53)48-18-11-10-17-43-48)44-37(52)34(25(2)3)46(7)23-50;1-2-7(9)8-5-3-4-6-8/h12-16,19,23-26,31,34,43H,9-11,17-18,20-22,41H2,1-8H3,(H2,40,45)(H,44,52);2H,1,3-6H2. The summed E-state index contributed by atoms with van der Waals surface area (Å²) in [5, 5.41) is 10.7. The lowest BCUT2D eigenvalue weighted by atomic mass is 9.84. The first-order valence-corrected chi connectivity index (χ1v) is 22.0. The molecule has 2 saturated heterocycles.